The lowest BCUT2D eigenvalue weighted by atomic mass is 9.97. The van der Waals surface area contributed by atoms with Crippen molar-refractivity contribution in [1.82, 2.24) is 19.8 Å². The SMILES string of the molecule is CCCCN(CCN)C(=O)c1c(-c2ccnc3cc(CN4C(=O)C5C(C4=O)C5(C)C)sc23)cc(C#N)nc1C. The third-order valence-corrected chi connectivity index (χ3v) is 9.10. The highest BCUT2D eigenvalue weighted by Crippen LogP contribution is 2.63. The number of likely N-dealkylation sites (tertiary alicyclic amines) is 1. The van der Waals surface area contributed by atoms with Gasteiger partial charge in [-0.3, -0.25) is 24.3 Å². The van der Waals surface area contributed by atoms with E-state index in [1.807, 2.05) is 26.0 Å². The second-order valence-electron chi connectivity index (χ2n) is 10.9. The Morgan fingerprint density at radius 1 is 1.21 bits per heavy atom. The number of rotatable bonds is 9. The second-order valence-corrected chi connectivity index (χ2v) is 12.0. The lowest BCUT2D eigenvalue weighted by Crippen LogP contribution is -2.37. The van der Waals surface area contributed by atoms with Crippen LogP contribution in [0.1, 0.15) is 60.2 Å². The van der Waals surface area contributed by atoms with Gasteiger partial charge < -0.3 is 10.6 Å². The van der Waals surface area contributed by atoms with Crippen LogP contribution in [0.15, 0.2) is 24.4 Å². The molecule has 1 aliphatic heterocycles. The zero-order valence-electron chi connectivity index (χ0n) is 22.7. The number of imide groups is 1. The van der Waals surface area contributed by atoms with Crippen LogP contribution in [0.4, 0.5) is 0 Å². The van der Waals surface area contributed by atoms with Crippen molar-refractivity contribution >= 4 is 39.3 Å². The molecule has 3 aromatic rings. The van der Waals surface area contributed by atoms with Crippen LogP contribution in [0.2, 0.25) is 0 Å². The molecule has 9 nitrogen and oxygen atoms in total. The first-order valence-corrected chi connectivity index (χ1v) is 14.1. The van der Waals surface area contributed by atoms with Gasteiger partial charge in [0.15, 0.2) is 0 Å². The number of fused-ring (bicyclic) bond motifs is 2. The molecule has 5 rings (SSSR count). The lowest BCUT2D eigenvalue weighted by molar-refractivity contribution is -0.143. The van der Waals surface area contributed by atoms with Crippen LogP contribution in [-0.4, -0.2) is 57.1 Å². The number of nitriles is 1. The fourth-order valence-corrected chi connectivity index (χ4v) is 6.91. The average molecular weight is 545 g/mol. The van der Waals surface area contributed by atoms with E-state index in [-0.39, 0.29) is 47.2 Å². The number of nitrogens with two attached hydrogens (primary N) is 1. The first kappa shape index (κ1) is 26.9. The number of amides is 3. The summed E-state index contributed by atoms with van der Waals surface area (Å²) >= 11 is 1.44. The van der Waals surface area contributed by atoms with E-state index in [4.69, 9.17) is 5.73 Å². The van der Waals surface area contributed by atoms with Crippen LogP contribution in [0.5, 0.6) is 0 Å². The molecule has 2 N–H and O–H groups in total. The molecule has 4 heterocycles. The van der Waals surface area contributed by atoms with E-state index in [1.165, 1.54) is 16.2 Å². The standard InChI is InChI=1S/C29H32N6O3S/c1-5-6-10-34(11-8-30)26(36)22-16(2)33-17(14-31)12-20(22)19-7-9-32-21-13-18(39-25(19)21)15-35-27(37)23-24(28(35)38)29(23,3)4/h7,9,12-13,23-24H,5-6,8,10-11,15,30H2,1-4H3. The van der Waals surface area contributed by atoms with E-state index in [9.17, 15) is 19.6 Å². The molecule has 1 saturated carbocycles. The van der Waals surface area contributed by atoms with Gasteiger partial charge in [-0.25, -0.2) is 4.98 Å². The molecule has 2 aliphatic rings. The third-order valence-electron chi connectivity index (χ3n) is 7.96. The molecule has 2 atom stereocenters. The molecule has 2 fully saturated rings. The van der Waals surface area contributed by atoms with Crippen molar-refractivity contribution in [2.45, 2.75) is 47.1 Å². The molecule has 0 spiro atoms. The summed E-state index contributed by atoms with van der Waals surface area (Å²) in [5.41, 5.74) is 8.78. The quantitative estimate of drug-likeness (QED) is 0.404. The van der Waals surface area contributed by atoms with Gasteiger partial charge in [0.25, 0.3) is 5.91 Å². The number of thiophene rings is 1. The first-order chi connectivity index (χ1) is 18.6. The highest BCUT2D eigenvalue weighted by Gasteiger charge is 2.72. The summed E-state index contributed by atoms with van der Waals surface area (Å²) in [6, 6.07) is 7.48. The maximum absolute atomic E-state index is 13.8. The minimum atomic E-state index is -0.255. The minimum absolute atomic E-state index is 0.107. The monoisotopic (exact) mass is 544 g/mol. The van der Waals surface area contributed by atoms with Gasteiger partial charge in [0.2, 0.25) is 11.8 Å². The molecule has 202 valence electrons. The minimum Gasteiger partial charge on any atom is -0.337 e. The summed E-state index contributed by atoms with van der Waals surface area (Å²) in [5.74, 6) is -0.840. The van der Waals surface area contributed by atoms with E-state index in [1.54, 1.807) is 24.1 Å². The molecular weight excluding hydrogens is 512 g/mol. The maximum Gasteiger partial charge on any atom is 0.256 e. The van der Waals surface area contributed by atoms with Crippen molar-refractivity contribution in [3.05, 3.63) is 46.2 Å². The molecule has 0 radical (unpaired) electrons. The molecule has 10 heteroatoms. The van der Waals surface area contributed by atoms with Crippen molar-refractivity contribution in [2.24, 2.45) is 23.0 Å². The lowest BCUT2D eigenvalue weighted by Gasteiger charge is -2.24. The summed E-state index contributed by atoms with van der Waals surface area (Å²) < 4.78 is 0.819. The summed E-state index contributed by atoms with van der Waals surface area (Å²) in [7, 11) is 0. The second kappa shape index (κ2) is 10.1. The predicted molar refractivity (Wildman–Crippen MR) is 148 cm³/mol. The van der Waals surface area contributed by atoms with Gasteiger partial charge in [-0.2, -0.15) is 5.26 Å². The number of carbonyl (C=O) groups is 3. The van der Waals surface area contributed by atoms with Crippen molar-refractivity contribution in [3.8, 4) is 17.2 Å². The van der Waals surface area contributed by atoms with Crippen LogP contribution in [0, 0.1) is 35.5 Å². The van der Waals surface area contributed by atoms with E-state index < -0.39 is 0 Å². The Balaban J connectivity index is 1.55. The number of aromatic nitrogens is 2. The molecule has 1 saturated heterocycles. The van der Waals surface area contributed by atoms with E-state index in [0.29, 0.717) is 42.0 Å². The Kier molecular flexibility index (Phi) is 6.99. The summed E-state index contributed by atoms with van der Waals surface area (Å²) in [4.78, 5) is 52.5. The molecule has 0 aromatic carbocycles. The highest BCUT2D eigenvalue weighted by molar-refractivity contribution is 7.19. The number of unbranched alkanes of at least 4 members (excludes halogenated alkanes) is 1. The Morgan fingerprint density at radius 3 is 2.56 bits per heavy atom. The van der Waals surface area contributed by atoms with Crippen LogP contribution < -0.4 is 5.73 Å². The smallest absolute Gasteiger partial charge is 0.256 e. The number of nitrogens with zero attached hydrogens (tertiary/aromatic N) is 5. The Labute approximate surface area is 231 Å². The molecule has 3 amide bonds. The normalized spacial score (nSPS) is 19.3. The molecule has 39 heavy (non-hydrogen) atoms. The van der Waals surface area contributed by atoms with Crippen molar-refractivity contribution in [1.29, 1.82) is 5.26 Å². The zero-order valence-corrected chi connectivity index (χ0v) is 23.5. The van der Waals surface area contributed by atoms with Crippen molar-refractivity contribution < 1.29 is 14.4 Å². The van der Waals surface area contributed by atoms with Gasteiger partial charge in [-0.1, -0.05) is 27.2 Å². The average Bonchev–Trinajstić information content (AvgIpc) is 3.15. The molecule has 2 unspecified atom stereocenters. The molecule has 0 bridgehead atoms. The summed E-state index contributed by atoms with van der Waals surface area (Å²) in [6.07, 6.45) is 3.46. The van der Waals surface area contributed by atoms with Crippen LogP contribution in [0.3, 0.4) is 0 Å². The first-order valence-electron chi connectivity index (χ1n) is 13.3. The van der Waals surface area contributed by atoms with Gasteiger partial charge in [0.1, 0.15) is 11.8 Å². The third kappa shape index (κ3) is 4.49. The Morgan fingerprint density at radius 2 is 1.92 bits per heavy atom. The number of pyridine rings is 2. The number of carbonyl (C=O) groups excluding carboxylic acids is 3. The van der Waals surface area contributed by atoms with Crippen LogP contribution >= 0.6 is 11.3 Å². The topological polar surface area (TPSA) is 133 Å². The number of piperidine rings is 1. The fraction of sp³-hybridized carbons (Fsp3) is 0.448. The van der Waals surface area contributed by atoms with E-state index in [0.717, 1.165) is 28.0 Å². The van der Waals surface area contributed by atoms with Crippen LogP contribution in [-0.2, 0) is 16.1 Å². The zero-order chi connectivity index (χ0) is 28.1. The fourth-order valence-electron chi connectivity index (χ4n) is 5.78. The molecular formula is C29H32N6O3S. The van der Waals surface area contributed by atoms with Gasteiger partial charge in [0, 0.05) is 41.8 Å². The van der Waals surface area contributed by atoms with Gasteiger partial charge in [-0.05, 0) is 37.0 Å². The summed E-state index contributed by atoms with van der Waals surface area (Å²) in [5, 5.41) is 9.66. The maximum atomic E-state index is 13.8. The van der Waals surface area contributed by atoms with Crippen molar-refractivity contribution in [3.63, 3.8) is 0 Å². The van der Waals surface area contributed by atoms with Gasteiger partial charge in [0.05, 0.1) is 39.9 Å². The predicted octanol–water partition coefficient (Wildman–Crippen LogP) is 3.88. The molecule has 3 aromatic heterocycles. The van der Waals surface area contributed by atoms with E-state index >= 15 is 0 Å². The van der Waals surface area contributed by atoms with Crippen molar-refractivity contribution in [2.75, 3.05) is 19.6 Å². The number of hydrogen-bond acceptors (Lipinski definition) is 8. The Hall–Kier alpha value is -3.68. The number of aryl methyl sites for hydroxylation is 1. The van der Waals surface area contributed by atoms with Gasteiger partial charge in [-0.15, -0.1) is 11.3 Å². The largest absolute Gasteiger partial charge is 0.337 e. The highest BCUT2D eigenvalue weighted by atomic mass is 32.1. The molecule has 1 aliphatic carbocycles. The Bertz CT molecular complexity index is 1510. The van der Waals surface area contributed by atoms with Gasteiger partial charge >= 0.3 is 0 Å². The van der Waals surface area contributed by atoms with E-state index in [2.05, 4.69) is 23.0 Å². The number of hydrogen-bond donors (Lipinski definition) is 1. The summed E-state index contributed by atoms with van der Waals surface area (Å²) in [6.45, 7) is 9.29. The van der Waals surface area contributed by atoms with Crippen LogP contribution in [0.25, 0.3) is 21.3 Å².